The molecule has 1 amide bonds. The van der Waals surface area contributed by atoms with Crippen molar-refractivity contribution in [2.45, 2.75) is 56.9 Å². The van der Waals surface area contributed by atoms with Gasteiger partial charge in [0.15, 0.2) is 11.5 Å². The van der Waals surface area contributed by atoms with Gasteiger partial charge in [-0.3, -0.25) is 9.48 Å². The fourth-order valence-corrected chi connectivity index (χ4v) is 8.08. The van der Waals surface area contributed by atoms with Gasteiger partial charge in [0.1, 0.15) is 22.9 Å². The van der Waals surface area contributed by atoms with Gasteiger partial charge in [0.2, 0.25) is 15.9 Å². The predicted octanol–water partition coefficient (Wildman–Crippen LogP) is 3.89. The number of ether oxygens (including phenoxy) is 3. The van der Waals surface area contributed by atoms with Gasteiger partial charge in [0, 0.05) is 63.4 Å². The molecule has 48 heavy (non-hydrogen) atoms. The van der Waals surface area contributed by atoms with E-state index in [4.69, 9.17) is 14.2 Å². The SMILES string of the molecule is COc1ccc2cc1OCCN(S(=O)(=O)c1cnn(C)c1C)CCCCN(C(=O)c1cc3c(nc1OC)CCC3)CCCn1ccnc1-2. The van der Waals surface area contributed by atoms with Crippen molar-refractivity contribution in [2.24, 2.45) is 7.05 Å². The van der Waals surface area contributed by atoms with E-state index in [1.165, 1.54) is 10.5 Å². The van der Waals surface area contributed by atoms with Gasteiger partial charge >= 0.3 is 0 Å². The number of pyridine rings is 1. The fourth-order valence-electron chi connectivity index (χ4n) is 6.43. The van der Waals surface area contributed by atoms with Gasteiger partial charge < -0.3 is 23.7 Å². The summed E-state index contributed by atoms with van der Waals surface area (Å²) in [6.45, 7) is 3.77. The van der Waals surface area contributed by atoms with E-state index in [1.807, 2.05) is 35.4 Å². The van der Waals surface area contributed by atoms with Gasteiger partial charge in [-0.05, 0) is 75.3 Å². The molecule has 0 radical (unpaired) electrons. The van der Waals surface area contributed by atoms with Crippen LogP contribution in [0.5, 0.6) is 17.4 Å². The maximum absolute atomic E-state index is 14.1. The van der Waals surface area contributed by atoms with Crippen molar-refractivity contribution in [2.75, 3.05) is 47.0 Å². The highest BCUT2D eigenvalue weighted by Crippen LogP contribution is 2.33. The quantitative estimate of drug-likeness (QED) is 0.309. The van der Waals surface area contributed by atoms with Crippen molar-refractivity contribution in [1.29, 1.82) is 0 Å². The molecular weight excluding hydrogens is 634 g/mol. The van der Waals surface area contributed by atoms with Gasteiger partial charge in [0.05, 0.1) is 26.1 Å². The van der Waals surface area contributed by atoms with E-state index >= 15 is 0 Å². The van der Waals surface area contributed by atoms with Crippen molar-refractivity contribution in [3.8, 4) is 28.8 Å². The van der Waals surface area contributed by atoms with E-state index in [9.17, 15) is 13.2 Å². The molecule has 3 aromatic heterocycles. The van der Waals surface area contributed by atoms with Crippen LogP contribution in [0, 0.1) is 6.92 Å². The minimum Gasteiger partial charge on any atom is -0.493 e. The molecule has 6 rings (SSSR count). The molecule has 0 N–H and O–H groups in total. The van der Waals surface area contributed by atoms with Crippen LogP contribution >= 0.6 is 0 Å². The Balaban J connectivity index is 1.32. The highest BCUT2D eigenvalue weighted by molar-refractivity contribution is 7.89. The average Bonchev–Trinajstić information content (AvgIpc) is 3.83. The van der Waals surface area contributed by atoms with Crippen LogP contribution in [-0.2, 0) is 36.5 Å². The third kappa shape index (κ3) is 6.76. The third-order valence-corrected chi connectivity index (χ3v) is 11.2. The molecule has 13 nitrogen and oxygen atoms in total. The number of sulfonamides is 1. The zero-order valence-corrected chi connectivity index (χ0v) is 28.8. The van der Waals surface area contributed by atoms with Crippen LogP contribution in [0.2, 0.25) is 0 Å². The first-order valence-electron chi connectivity index (χ1n) is 16.4. The Morgan fingerprint density at radius 2 is 1.77 bits per heavy atom. The predicted molar refractivity (Wildman–Crippen MR) is 179 cm³/mol. The number of aryl methyl sites for hydroxylation is 4. The monoisotopic (exact) mass is 677 g/mol. The first-order chi connectivity index (χ1) is 23.2. The van der Waals surface area contributed by atoms with E-state index in [0.717, 1.165) is 41.9 Å². The lowest BCUT2D eigenvalue weighted by Gasteiger charge is -2.25. The number of rotatable bonds is 5. The number of amides is 1. The van der Waals surface area contributed by atoms with Crippen molar-refractivity contribution in [1.82, 2.24) is 33.5 Å². The van der Waals surface area contributed by atoms with Crippen LogP contribution in [0.4, 0.5) is 0 Å². The lowest BCUT2D eigenvalue weighted by Crippen LogP contribution is -2.37. The normalized spacial score (nSPS) is 16.5. The summed E-state index contributed by atoms with van der Waals surface area (Å²) in [4.78, 5) is 25.4. The Bertz CT molecular complexity index is 1890. The number of fused-ring (bicyclic) bond motifs is 5. The summed E-state index contributed by atoms with van der Waals surface area (Å²) in [5.74, 6) is 2.00. The second-order valence-electron chi connectivity index (χ2n) is 12.1. The molecule has 4 aromatic rings. The molecule has 1 aliphatic carbocycles. The third-order valence-electron chi connectivity index (χ3n) is 9.18. The molecule has 0 saturated carbocycles. The first kappa shape index (κ1) is 33.5. The maximum atomic E-state index is 14.1. The molecule has 14 heteroatoms. The average molecular weight is 678 g/mol. The molecule has 4 heterocycles. The Labute approximate surface area is 281 Å². The van der Waals surface area contributed by atoms with Crippen molar-refractivity contribution >= 4 is 15.9 Å². The highest BCUT2D eigenvalue weighted by Gasteiger charge is 2.29. The van der Waals surface area contributed by atoms with Gasteiger partial charge in [-0.15, -0.1) is 0 Å². The molecule has 0 atom stereocenters. The number of aromatic nitrogens is 5. The molecule has 2 aliphatic rings. The summed E-state index contributed by atoms with van der Waals surface area (Å²) < 4.78 is 50.3. The minimum absolute atomic E-state index is 0.0997. The molecule has 2 bridgehead atoms. The molecular formula is C34H43N7O6S. The van der Waals surface area contributed by atoms with Crippen LogP contribution in [0.15, 0.2) is 47.8 Å². The van der Waals surface area contributed by atoms with Gasteiger partial charge in [-0.1, -0.05) is 0 Å². The summed E-state index contributed by atoms with van der Waals surface area (Å²) in [6, 6.07) is 7.55. The Morgan fingerprint density at radius 3 is 2.54 bits per heavy atom. The van der Waals surface area contributed by atoms with E-state index in [0.29, 0.717) is 67.5 Å². The number of hydrogen-bond donors (Lipinski definition) is 0. The molecule has 256 valence electrons. The second-order valence-corrected chi connectivity index (χ2v) is 14.0. The lowest BCUT2D eigenvalue weighted by atomic mass is 10.1. The molecule has 1 aromatic carbocycles. The fraction of sp³-hybridized carbons (Fsp3) is 0.471. The lowest BCUT2D eigenvalue weighted by molar-refractivity contribution is 0.0743. The van der Waals surface area contributed by atoms with Crippen molar-refractivity contribution in [3.63, 3.8) is 0 Å². The van der Waals surface area contributed by atoms with Crippen LogP contribution in [0.25, 0.3) is 11.4 Å². The van der Waals surface area contributed by atoms with E-state index in [2.05, 4.69) is 19.6 Å². The number of carbonyl (C=O) groups is 1. The number of methoxy groups -OCH3 is 2. The Hall–Kier alpha value is -4.43. The standard InChI is InChI=1S/C34H43N7O6S/c1-24-31(23-36-38(24)2)48(43,44)41-17-6-5-14-40(34(42)27-21-25-9-7-10-28(25)37-33(27)46-4)16-8-15-39-18-13-35-32(39)26-11-12-29(45-3)30(22-26)47-20-19-41/h11-13,18,21-23H,5-10,14-17,19-20H2,1-4H3. The summed E-state index contributed by atoms with van der Waals surface area (Å²) in [6.07, 6.45) is 9.67. The van der Waals surface area contributed by atoms with Crippen LogP contribution in [0.3, 0.4) is 0 Å². The van der Waals surface area contributed by atoms with Crippen LogP contribution < -0.4 is 14.2 Å². The highest BCUT2D eigenvalue weighted by atomic mass is 32.2. The molecule has 0 unspecified atom stereocenters. The second kappa shape index (κ2) is 14.4. The van der Waals surface area contributed by atoms with Crippen molar-refractivity contribution < 1.29 is 27.4 Å². The summed E-state index contributed by atoms with van der Waals surface area (Å²) >= 11 is 0. The number of carbonyl (C=O) groups excluding carboxylic acids is 1. The van der Waals surface area contributed by atoms with Gasteiger partial charge in [-0.2, -0.15) is 9.40 Å². The topological polar surface area (TPSA) is 134 Å². The van der Waals surface area contributed by atoms with Gasteiger partial charge in [0.25, 0.3) is 5.91 Å². The first-order valence-corrected chi connectivity index (χ1v) is 17.8. The zero-order chi connectivity index (χ0) is 33.8. The molecule has 0 spiro atoms. The van der Waals surface area contributed by atoms with Gasteiger partial charge in [-0.25, -0.2) is 18.4 Å². The van der Waals surface area contributed by atoms with E-state index < -0.39 is 10.0 Å². The molecule has 0 fully saturated rings. The molecule has 1 aliphatic heterocycles. The number of hydrogen-bond acceptors (Lipinski definition) is 9. The summed E-state index contributed by atoms with van der Waals surface area (Å²) in [5, 5.41) is 4.17. The van der Waals surface area contributed by atoms with Crippen LogP contribution in [-0.4, -0.2) is 94.9 Å². The number of nitrogens with zero attached hydrogens (tertiary/aromatic N) is 7. The summed E-state index contributed by atoms with van der Waals surface area (Å²) in [5.41, 5.74) is 3.94. The van der Waals surface area contributed by atoms with E-state index in [-0.39, 0.29) is 30.5 Å². The largest absolute Gasteiger partial charge is 0.493 e. The number of imidazole rings is 1. The Kier molecular flexibility index (Phi) is 10.0. The van der Waals surface area contributed by atoms with Crippen molar-refractivity contribution in [3.05, 3.63) is 65.4 Å². The smallest absolute Gasteiger partial charge is 0.259 e. The number of benzene rings is 1. The Morgan fingerprint density at radius 1 is 0.958 bits per heavy atom. The van der Waals surface area contributed by atoms with E-state index in [1.54, 1.807) is 39.1 Å². The zero-order valence-electron chi connectivity index (χ0n) is 28.0. The summed E-state index contributed by atoms with van der Waals surface area (Å²) in [7, 11) is 0.955. The molecule has 0 saturated heterocycles. The van der Waals surface area contributed by atoms with Crippen LogP contribution in [0.1, 0.15) is 53.0 Å². The maximum Gasteiger partial charge on any atom is 0.259 e. The minimum atomic E-state index is -3.88.